The van der Waals surface area contributed by atoms with Gasteiger partial charge in [-0.3, -0.25) is 9.69 Å². The van der Waals surface area contributed by atoms with Crippen LogP contribution in [-0.4, -0.2) is 51.8 Å². The summed E-state index contributed by atoms with van der Waals surface area (Å²) in [5.41, 5.74) is 9.75. The number of aldehydes is 1. The van der Waals surface area contributed by atoms with Crippen molar-refractivity contribution in [2.75, 3.05) is 25.5 Å². The molecule has 0 atom stereocenters. The van der Waals surface area contributed by atoms with Gasteiger partial charge in [0.15, 0.2) is 5.65 Å². The van der Waals surface area contributed by atoms with Crippen molar-refractivity contribution in [1.82, 2.24) is 19.5 Å². The van der Waals surface area contributed by atoms with Crippen molar-refractivity contribution >= 4 is 23.8 Å². The van der Waals surface area contributed by atoms with E-state index in [1.165, 1.54) is 31.5 Å². The molecular weight excluding hydrogens is 464 g/mol. The lowest BCUT2D eigenvalue weighted by Gasteiger charge is -2.13. The van der Waals surface area contributed by atoms with Crippen LogP contribution in [0.15, 0.2) is 72.8 Å². The molecule has 8 heteroatoms. The predicted molar refractivity (Wildman–Crippen MR) is 146 cm³/mol. The van der Waals surface area contributed by atoms with E-state index in [1.807, 2.05) is 30.3 Å². The maximum Gasteiger partial charge on any atom is 0.248 e. The van der Waals surface area contributed by atoms with Crippen LogP contribution in [0.25, 0.3) is 16.9 Å². The fraction of sp³-hybridized carbons (Fsp3) is 0.310. The summed E-state index contributed by atoms with van der Waals surface area (Å²) in [4.78, 5) is 27.5. The number of fused-ring (bicyclic) bond motifs is 1. The van der Waals surface area contributed by atoms with E-state index < -0.39 is 5.91 Å². The van der Waals surface area contributed by atoms with Gasteiger partial charge in [0.2, 0.25) is 11.9 Å². The third kappa shape index (κ3) is 7.47. The van der Waals surface area contributed by atoms with Gasteiger partial charge in [0.05, 0.1) is 5.69 Å². The Bertz CT molecular complexity index is 1290. The zero-order valence-corrected chi connectivity index (χ0v) is 21.2. The lowest BCUT2D eigenvalue weighted by atomic mass is 10.1. The third-order valence-corrected chi connectivity index (χ3v) is 6.31. The van der Waals surface area contributed by atoms with E-state index in [2.05, 4.69) is 50.6 Å². The zero-order valence-electron chi connectivity index (χ0n) is 21.2. The van der Waals surface area contributed by atoms with Gasteiger partial charge in [0.1, 0.15) is 6.29 Å². The Hall–Kier alpha value is -4.04. The number of hydrogen-bond donors (Lipinski definition) is 2. The summed E-state index contributed by atoms with van der Waals surface area (Å²) < 4.78 is 1.76. The second-order valence-electron chi connectivity index (χ2n) is 9.25. The smallest absolute Gasteiger partial charge is 0.248 e. The molecule has 3 heterocycles. The Kier molecular flexibility index (Phi) is 8.99. The molecule has 1 amide bonds. The summed E-state index contributed by atoms with van der Waals surface area (Å²) in [5, 5.41) is 7.28. The lowest BCUT2D eigenvalue weighted by Crippen LogP contribution is -2.18. The van der Waals surface area contributed by atoms with E-state index in [9.17, 15) is 9.59 Å². The highest BCUT2D eigenvalue weighted by Gasteiger charge is 2.19. The van der Waals surface area contributed by atoms with Crippen LogP contribution >= 0.6 is 0 Å². The second kappa shape index (κ2) is 12.8. The summed E-state index contributed by atoms with van der Waals surface area (Å²) in [6.07, 6.45) is 6.08. The number of carbonyl (C=O) groups excluding carboxylic acids is 2. The van der Waals surface area contributed by atoms with E-state index in [4.69, 9.17) is 5.73 Å². The van der Waals surface area contributed by atoms with Crippen molar-refractivity contribution in [1.29, 1.82) is 0 Å². The van der Waals surface area contributed by atoms with Crippen LogP contribution in [-0.2, 0) is 11.3 Å². The molecule has 6 rings (SSSR count). The van der Waals surface area contributed by atoms with Crippen molar-refractivity contribution in [3.05, 3.63) is 83.9 Å². The Morgan fingerprint density at radius 1 is 1.00 bits per heavy atom. The van der Waals surface area contributed by atoms with E-state index in [1.54, 1.807) is 23.7 Å². The highest BCUT2D eigenvalue weighted by Crippen LogP contribution is 2.25. The number of rotatable bonds is 6. The quantitative estimate of drug-likeness (QED) is 0.382. The highest BCUT2D eigenvalue weighted by atomic mass is 16.1. The van der Waals surface area contributed by atoms with E-state index >= 15 is 0 Å². The number of likely N-dealkylation sites (tertiary alicyclic amines) is 1. The third-order valence-electron chi connectivity index (χ3n) is 6.31. The Labute approximate surface area is 217 Å². The van der Waals surface area contributed by atoms with Crippen molar-refractivity contribution < 1.29 is 9.59 Å². The van der Waals surface area contributed by atoms with Crippen molar-refractivity contribution in [3.63, 3.8) is 0 Å². The topological polar surface area (TPSA) is 106 Å². The van der Waals surface area contributed by atoms with Gasteiger partial charge in [-0.05, 0) is 68.6 Å². The average Bonchev–Trinajstić information content (AvgIpc) is 3.46. The molecule has 2 aliphatic rings. The summed E-state index contributed by atoms with van der Waals surface area (Å²) in [6, 6.07) is 23.6. The first-order valence-electron chi connectivity index (χ1n) is 12.7. The van der Waals surface area contributed by atoms with Crippen LogP contribution in [0.3, 0.4) is 0 Å². The SMILES string of the molecule is CNc1nc2cccc(-c3ccc(C(N)=O)cc3)n2n1.O=CC1CC1.c1ccc(CN2CCCC2)cc1. The molecule has 3 N–H and O–H groups in total. The number of nitrogens with zero attached hydrogens (tertiary/aromatic N) is 4. The molecule has 0 bridgehead atoms. The van der Waals surface area contributed by atoms with Crippen LogP contribution in [0.1, 0.15) is 41.6 Å². The Morgan fingerprint density at radius 3 is 2.27 bits per heavy atom. The summed E-state index contributed by atoms with van der Waals surface area (Å²) in [5.74, 6) is 0.578. The number of nitrogens with one attached hydrogen (secondary N) is 1. The molecule has 1 aliphatic carbocycles. The first-order valence-corrected chi connectivity index (χ1v) is 12.7. The molecule has 2 fully saturated rings. The lowest BCUT2D eigenvalue weighted by molar-refractivity contribution is -0.108. The van der Waals surface area contributed by atoms with Crippen LogP contribution in [0.4, 0.5) is 5.95 Å². The fourth-order valence-corrected chi connectivity index (χ4v) is 4.05. The molecule has 8 nitrogen and oxygen atoms in total. The number of pyridine rings is 1. The zero-order chi connectivity index (χ0) is 26.0. The van der Waals surface area contributed by atoms with E-state index in [0.29, 0.717) is 17.4 Å². The first kappa shape index (κ1) is 26.0. The average molecular weight is 499 g/mol. The molecular formula is C29H34N6O2. The van der Waals surface area contributed by atoms with Gasteiger partial charge in [0.25, 0.3) is 0 Å². The number of primary amides is 1. The van der Waals surface area contributed by atoms with Gasteiger partial charge >= 0.3 is 0 Å². The number of anilines is 1. The number of carbonyl (C=O) groups is 2. The molecule has 192 valence electrons. The number of nitrogens with two attached hydrogens (primary N) is 1. The van der Waals surface area contributed by atoms with Crippen molar-refractivity contribution in [3.8, 4) is 11.3 Å². The number of hydrogen-bond acceptors (Lipinski definition) is 6. The largest absolute Gasteiger partial charge is 0.366 e. The van der Waals surface area contributed by atoms with Crippen molar-refractivity contribution in [2.45, 2.75) is 32.2 Å². The second-order valence-corrected chi connectivity index (χ2v) is 9.25. The minimum Gasteiger partial charge on any atom is -0.366 e. The molecule has 2 aromatic heterocycles. The fourth-order valence-electron chi connectivity index (χ4n) is 4.05. The normalized spacial score (nSPS) is 14.7. The summed E-state index contributed by atoms with van der Waals surface area (Å²) >= 11 is 0. The van der Waals surface area contributed by atoms with Gasteiger partial charge in [-0.1, -0.05) is 48.5 Å². The maximum atomic E-state index is 11.1. The molecule has 37 heavy (non-hydrogen) atoms. The summed E-state index contributed by atoms with van der Waals surface area (Å²) in [7, 11) is 1.77. The molecule has 0 spiro atoms. The van der Waals surface area contributed by atoms with E-state index in [-0.39, 0.29) is 0 Å². The van der Waals surface area contributed by atoms with Gasteiger partial charge in [0, 0.05) is 30.6 Å². The molecule has 2 aromatic carbocycles. The Balaban J connectivity index is 0.000000158. The molecule has 1 saturated carbocycles. The maximum absolute atomic E-state index is 11.1. The first-order chi connectivity index (χ1) is 18.1. The van der Waals surface area contributed by atoms with Crippen molar-refractivity contribution in [2.24, 2.45) is 11.7 Å². The van der Waals surface area contributed by atoms with E-state index in [0.717, 1.165) is 42.6 Å². The van der Waals surface area contributed by atoms with Gasteiger partial charge in [-0.15, -0.1) is 5.10 Å². The molecule has 4 aromatic rings. The molecule has 1 aliphatic heterocycles. The Morgan fingerprint density at radius 2 is 1.70 bits per heavy atom. The highest BCUT2D eigenvalue weighted by molar-refractivity contribution is 5.93. The molecule has 0 unspecified atom stereocenters. The summed E-state index contributed by atoms with van der Waals surface area (Å²) in [6.45, 7) is 3.71. The van der Waals surface area contributed by atoms with Gasteiger partial charge in [-0.2, -0.15) is 4.98 Å². The van der Waals surface area contributed by atoms with Crippen LogP contribution in [0.5, 0.6) is 0 Å². The minimum atomic E-state index is -0.437. The molecule has 0 radical (unpaired) electrons. The number of amides is 1. The van der Waals surface area contributed by atoms with Gasteiger partial charge < -0.3 is 15.8 Å². The van der Waals surface area contributed by atoms with Crippen LogP contribution < -0.4 is 11.1 Å². The number of aromatic nitrogens is 3. The minimum absolute atomic E-state index is 0.437. The van der Waals surface area contributed by atoms with Crippen LogP contribution in [0, 0.1) is 5.92 Å². The monoisotopic (exact) mass is 498 g/mol. The predicted octanol–water partition coefficient (Wildman–Crippen LogP) is 4.41. The number of benzene rings is 2. The standard InChI is InChI=1S/C14H13N5O.C11H15N.C4H6O/c1-16-14-17-12-4-2-3-11(19(12)18-14)9-5-7-10(8-6-9)13(15)20;1-2-6-11(7-3-1)10-12-8-4-5-9-12;5-3-4-1-2-4/h2-8H,1H3,(H2,15,20)(H,16,18);1-3,6-7H,4-5,8-10H2;3-4H,1-2H2. The van der Waals surface area contributed by atoms with Crippen LogP contribution in [0.2, 0.25) is 0 Å². The molecule has 1 saturated heterocycles. The van der Waals surface area contributed by atoms with Gasteiger partial charge in [-0.25, -0.2) is 4.52 Å².